The highest BCUT2D eigenvalue weighted by molar-refractivity contribution is 7.10. The van der Waals surface area contributed by atoms with Crippen molar-refractivity contribution < 1.29 is 4.79 Å². The summed E-state index contributed by atoms with van der Waals surface area (Å²) < 4.78 is 0. The molecule has 10 heavy (non-hydrogen) atoms. The molecular formula is C7H7ClOS. The van der Waals surface area contributed by atoms with Gasteiger partial charge in [0, 0.05) is 15.8 Å². The molecule has 0 N–H and O–H groups in total. The van der Waals surface area contributed by atoms with Crippen molar-refractivity contribution in [1.82, 2.24) is 0 Å². The molecular weight excluding hydrogens is 168 g/mol. The third-order valence-corrected chi connectivity index (χ3v) is 2.28. The van der Waals surface area contributed by atoms with Gasteiger partial charge in [0.2, 0.25) is 0 Å². The van der Waals surface area contributed by atoms with Crippen molar-refractivity contribution in [2.75, 3.05) is 5.88 Å². The summed E-state index contributed by atoms with van der Waals surface area (Å²) in [5.41, 5.74) is 0.734. The lowest BCUT2D eigenvalue weighted by molar-refractivity contribution is 0.102. The average Bonchev–Trinajstić information content (AvgIpc) is 2.34. The molecule has 0 amide bonds. The molecule has 1 aromatic rings. The van der Waals surface area contributed by atoms with Crippen LogP contribution in [0, 0.1) is 6.92 Å². The molecule has 1 heterocycles. The van der Waals surface area contributed by atoms with Crippen molar-refractivity contribution in [3.63, 3.8) is 0 Å². The van der Waals surface area contributed by atoms with E-state index in [1.165, 1.54) is 0 Å². The van der Waals surface area contributed by atoms with Gasteiger partial charge in [0.1, 0.15) is 0 Å². The van der Waals surface area contributed by atoms with Gasteiger partial charge in [-0.2, -0.15) is 0 Å². The molecule has 1 nitrogen and oxygen atoms in total. The normalized spacial score (nSPS) is 9.80. The van der Waals surface area contributed by atoms with Gasteiger partial charge in [-0.1, -0.05) is 0 Å². The van der Waals surface area contributed by atoms with E-state index in [0.717, 1.165) is 10.4 Å². The Morgan fingerprint density at radius 1 is 1.80 bits per heavy atom. The van der Waals surface area contributed by atoms with Crippen molar-refractivity contribution in [2.24, 2.45) is 0 Å². The first kappa shape index (κ1) is 7.76. The van der Waals surface area contributed by atoms with E-state index in [1.54, 1.807) is 11.3 Å². The van der Waals surface area contributed by atoms with Gasteiger partial charge in [0.25, 0.3) is 0 Å². The summed E-state index contributed by atoms with van der Waals surface area (Å²) in [7, 11) is 0. The molecule has 0 unspecified atom stereocenters. The lowest BCUT2D eigenvalue weighted by Crippen LogP contribution is -1.96. The average molecular weight is 175 g/mol. The van der Waals surface area contributed by atoms with Gasteiger partial charge in [-0.25, -0.2) is 0 Å². The first-order chi connectivity index (χ1) is 4.74. The fourth-order valence-corrected chi connectivity index (χ4v) is 1.53. The summed E-state index contributed by atoms with van der Waals surface area (Å²) in [5.74, 6) is 0.0851. The van der Waals surface area contributed by atoms with E-state index in [9.17, 15) is 4.79 Å². The van der Waals surface area contributed by atoms with E-state index in [4.69, 9.17) is 11.6 Å². The van der Waals surface area contributed by atoms with E-state index in [1.807, 2.05) is 18.4 Å². The van der Waals surface area contributed by atoms with E-state index in [-0.39, 0.29) is 11.7 Å². The molecule has 0 atom stereocenters. The van der Waals surface area contributed by atoms with Gasteiger partial charge in [0.15, 0.2) is 5.78 Å². The van der Waals surface area contributed by atoms with Gasteiger partial charge >= 0.3 is 0 Å². The lowest BCUT2D eigenvalue weighted by atomic mass is 10.2. The molecule has 3 heteroatoms. The van der Waals surface area contributed by atoms with Crippen LogP contribution < -0.4 is 0 Å². The second-order valence-corrected chi connectivity index (χ2v) is 3.39. The van der Waals surface area contributed by atoms with E-state index >= 15 is 0 Å². The zero-order chi connectivity index (χ0) is 7.56. The fraction of sp³-hybridized carbons (Fsp3) is 0.286. The molecule has 54 valence electrons. The predicted molar refractivity (Wildman–Crippen MR) is 44.1 cm³/mol. The van der Waals surface area contributed by atoms with Crippen LogP contribution in [0.2, 0.25) is 0 Å². The van der Waals surface area contributed by atoms with Crippen LogP contribution in [0.1, 0.15) is 15.2 Å². The number of carbonyl (C=O) groups is 1. The van der Waals surface area contributed by atoms with Crippen molar-refractivity contribution in [2.45, 2.75) is 6.92 Å². The number of halogens is 1. The molecule has 0 saturated carbocycles. The molecule has 0 aliphatic heterocycles. The highest BCUT2D eigenvalue weighted by Crippen LogP contribution is 2.13. The molecule has 0 saturated heterocycles. The Morgan fingerprint density at radius 3 is 2.90 bits per heavy atom. The minimum atomic E-state index is 0.00557. The van der Waals surface area contributed by atoms with Crippen LogP contribution >= 0.6 is 22.9 Å². The highest BCUT2D eigenvalue weighted by Gasteiger charge is 2.04. The summed E-state index contributed by atoms with van der Waals surface area (Å²) in [6.45, 7) is 1.97. The summed E-state index contributed by atoms with van der Waals surface area (Å²) in [6, 6.07) is 1.86. The molecule has 0 aliphatic carbocycles. The number of hydrogen-bond donors (Lipinski definition) is 0. The van der Waals surface area contributed by atoms with Gasteiger partial charge in [-0.15, -0.1) is 22.9 Å². The van der Waals surface area contributed by atoms with Crippen molar-refractivity contribution >= 4 is 28.7 Å². The van der Waals surface area contributed by atoms with Gasteiger partial charge in [-0.3, -0.25) is 4.79 Å². The summed E-state index contributed by atoms with van der Waals surface area (Å²) in [5, 5.41) is 1.83. The lowest BCUT2D eigenvalue weighted by Gasteiger charge is -1.86. The summed E-state index contributed by atoms with van der Waals surface area (Å²) >= 11 is 6.92. The number of hydrogen-bond acceptors (Lipinski definition) is 2. The van der Waals surface area contributed by atoms with Crippen molar-refractivity contribution in [3.8, 4) is 0 Å². The molecule has 0 fully saturated rings. The SMILES string of the molecule is Cc1cc(C(=O)CCl)cs1. The molecule has 0 aliphatic rings. The Kier molecular flexibility index (Phi) is 2.46. The highest BCUT2D eigenvalue weighted by atomic mass is 35.5. The zero-order valence-corrected chi connectivity index (χ0v) is 7.13. The van der Waals surface area contributed by atoms with Crippen LogP contribution in [-0.2, 0) is 0 Å². The molecule has 0 radical (unpaired) electrons. The third kappa shape index (κ3) is 1.58. The Labute approximate surface area is 68.6 Å². The maximum Gasteiger partial charge on any atom is 0.178 e. The number of carbonyl (C=O) groups excluding carboxylic acids is 1. The monoisotopic (exact) mass is 174 g/mol. The van der Waals surface area contributed by atoms with E-state index in [0.29, 0.717) is 0 Å². The third-order valence-electron chi connectivity index (χ3n) is 1.17. The van der Waals surface area contributed by atoms with Crippen LogP contribution in [0.5, 0.6) is 0 Å². The number of thiophene rings is 1. The van der Waals surface area contributed by atoms with Crippen LogP contribution in [0.15, 0.2) is 11.4 Å². The Balaban J connectivity index is 2.85. The van der Waals surface area contributed by atoms with Crippen LogP contribution in [0.4, 0.5) is 0 Å². The summed E-state index contributed by atoms with van der Waals surface area (Å²) in [6.07, 6.45) is 0. The molecule has 1 aromatic heterocycles. The molecule has 0 spiro atoms. The smallest absolute Gasteiger partial charge is 0.178 e. The number of rotatable bonds is 2. The minimum Gasteiger partial charge on any atom is -0.293 e. The summed E-state index contributed by atoms with van der Waals surface area (Å²) in [4.78, 5) is 12.0. The van der Waals surface area contributed by atoms with Gasteiger partial charge in [0.05, 0.1) is 5.88 Å². The number of alkyl halides is 1. The zero-order valence-electron chi connectivity index (χ0n) is 5.56. The van der Waals surface area contributed by atoms with Gasteiger partial charge < -0.3 is 0 Å². The first-order valence-corrected chi connectivity index (χ1v) is 4.29. The number of aryl methyl sites for hydroxylation is 1. The topological polar surface area (TPSA) is 17.1 Å². The Hall–Kier alpha value is -0.340. The van der Waals surface area contributed by atoms with Crippen LogP contribution in [-0.4, -0.2) is 11.7 Å². The second-order valence-electron chi connectivity index (χ2n) is 2.00. The Bertz CT molecular complexity index is 242. The Morgan fingerprint density at radius 2 is 2.50 bits per heavy atom. The number of ketones is 1. The second kappa shape index (κ2) is 3.17. The molecule has 1 rings (SSSR count). The quantitative estimate of drug-likeness (QED) is 0.497. The maximum atomic E-state index is 10.9. The number of Topliss-reactive ketones (excluding diaryl/α,β-unsaturated/α-hetero) is 1. The first-order valence-electron chi connectivity index (χ1n) is 2.88. The van der Waals surface area contributed by atoms with Crippen LogP contribution in [0.25, 0.3) is 0 Å². The minimum absolute atomic E-state index is 0.00557. The van der Waals surface area contributed by atoms with Crippen molar-refractivity contribution in [3.05, 3.63) is 21.9 Å². The van der Waals surface area contributed by atoms with Gasteiger partial charge in [-0.05, 0) is 13.0 Å². The fourth-order valence-electron chi connectivity index (χ4n) is 0.667. The van der Waals surface area contributed by atoms with Crippen LogP contribution in [0.3, 0.4) is 0 Å². The van der Waals surface area contributed by atoms with Crippen molar-refractivity contribution in [1.29, 1.82) is 0 Å². The van der Waals surface area contributed by atoms with E-state index in [2.05, 4.69) is 0 Å². The van der Waals surface area contributed by atoms with E-state index < -0.39 is 0 Å². The maximum absolute atomic E-state index is 10.9. The largest absolute Gasteiger partial charge is 0.293 e. The predicted octanol–water partition coefficient (Wildman–Crippen LogP) is 2.48. The molecule has 0 bridgehead atoms. The standard InChI is InChI=1S/C7H7ClOS/c1-5-2-6(4-10-5)7(9)3-8/h2,4H,3H2,1H3. The molecule has 0 aromatic carbocycles.